The van der Waals surface area contributed by atoms with Gasteiger partial charge in [0.25, 0.3) is 0 Å². The van der Waals surface area contributed by atoms with Crippen molar-refractivity contribution in [3.8, 4) is 0 Å². The largest absolute Gasteiger partial charge is 0.338 e. The van der Waals surface area contributed by atoms with Crippen molar-refractivity contribution in [2.45, 2.75) is 18.8 Å². The monoisotopic (exact) mass is 263 g/mol. The number of nitrogens with one attached hydrogen (secondary N) is 1. The van der Waals surface area contributed by atoms with Crippen LogP contribution in [-0.2, 0) is 25.9 Å². The van der Waals surface area contributed by atoms with Crippen molar-refractivity contribution >= 4 is 11.6 Å². The highest BCUT2D eigenvalue weighted by Crippen LogP contribution is 2.07. The van der Waals surface area contributed by atoms with Crippen molar-refractivity contribution in [2.24, 2.45) is 7.05 Å². The Balaban J connectivity index is 1.76. The number of rotatable bonds is 6. The first kappa shape index (κ1) is 13.1. The summed E-state index contributed by atoms with van der Waals surface area (Å²) in [5.74, 6) is 1.68. The fourth-order valence-electron chi connectivity index (χ4n) is 1.89. The van der Waals surface area contributed by atoms with Gasteiger partial charge in [0, 0.05) is 44.8 Å². The number of aryl methyl sites for hydroxylation is 1. The molecule has 96 valence electrons. The molecule has 1 aromatic carbocycles. The van der Waals surface area contributed by atoms with E-state index in [1.807, 2.05) is 31.6 Å². The summed E-state index contributed by atoms with van der Waals surface area (Å²) in [5.41, 5.74) is 2.44. The molecule has 0 aliphatic heterocycles. The molecule has 0 unspecified atom stereocenters. The average Bonchev–Trinajstić information content (AvgIpc) is 2.81. The molecule has 4 heteroatoms. The van der Waals surface area contributed by atoms with Gasteiger partial charge in [0.1, 0.15) is 5.82 Å². The SMILES string of the molecule is Cn1ccnc1CCNCc1cccc(CCl)c1. The summed E-state index contributed by atoms with van der Waals surface area (Å²) in [4.78, 5) is 4.29. The first-order valence-electron chi connectivity index (χ1n) is 6.10. The van der Waals surface area contributed by atoms with Crippen LogP contribution in [0.5, 0.6) is 0 Å². The predicted molar refractivity (Wildman–Crippen MR) is 74.6 cm³/mol. The van der Waals surface area contributed by atoms with Crippen LogP contribution in [0.15, 0.2) is 36.7 Å². The number of alkyl halides is 1. The number of aromatic nitrogens is 2. The normalized spacial score (nSPS) is 10.8. The van der Waals surface area contributed by atoms with Gasteiger partial charge < -0.3 is 9.88 Å². The molecule has 2 rings (SSSR count). The van der Waals surface area contributed by atoms with E-state index in [1.165, 1.54) is 11.1 Å². The van der Waals surface area contributed by atoms with E-state index in [-0.39, 0.29) is 0 Å². The minimum atomic E-state index is 0.571. The summed E-state index contributed by atoms with van der Waals surface area (Å²) in [6.45, 7) is 1.80. The summed E-state index contributed by atoms with van der Waals surface area (Å²) >= 11 is 5.81. The van der Waals surface area contributed by atoms with Gasteiger partial charge in [-0.25, -0.2) is 4.98 Å². The summed E-state index contributed by atoms with van der Waals surface area (Å²) in [6, 6.07) is 8.35. The van der Waals surface area contributed by atoms with Crippen LogP contribution < -0.4 is 5.32 Å². The zero-order chi connectivity index (χ0) is 12.8. The maximum Gasteiger partial charge on any atom is 0.109 e. The van der Waals surface area contributed by atoms with E-state index >= 15 is 0 Å². The molecule has 1 N–H and O–H groups in total. The van der Waals surface area contributed by atoms with Crippen molar-refractivity contribution in [3.63, 3.8) is 0 Å². The molecule has 2 aromatic rings. The second kappa shape index (κ2) is 6.57. The molecule has 0 amide bonds. The average molecular weight is 264 g/mol. The van der Waals surface area contributed by atoms with E-state index < -0.39 is 0 Å². The van der Waals surface area contributed by atoms with Crippen molar-refractivity contribution in [2.75, 3.05) is 6.54 Å². The number of nitrogens with zero attached hydrogens (tertiary/aromatic N) is 2. The van der Waals surface area contributed by atoms with Gasteiger partial charge in [0.15, 0.2) is 0 Å². The Bertz CT molecular complexity index is 493. The quantitative estimate of drug-likeness (QED) is 0.641. The van der Waals surface area contributed by atoms with E-state index in [2.05, 4.69) is 27.0 Å². The zero-order valence-corrected chi connectivity index (χ0v) is 11.3. The lowest BCUT2D eigenvalue weighted by Crippen LogP contribution is -2.18. The Morgan fingerprint density at radius 3 is 2.89 bits per heavy atom. The van der Waals surface area contributed by atoms with Crippen LogP contribution in [0.2, 0.25) is 0 Å². The molecule has 0 radical (unpaired) electrons. The van der Waals surface area contributed by atoms with Gasteiger partial charge in [-0.1, -0.05) is 24.3 Å². The fraction of sp³-hybridized carbons (Fsp3) is 0.357. The van der Waals surface area contributed by atoms with E-state index in [0.29, 0.717) is 5.88 Å². The Hall–Kier alpha value is -1.32. The molecule has 0 saturated carbocycles. The van der Waals surface area contributed by atoms with Crippen molar-refractivity contribution < 1.29 is 0 Å². The van der Waals surface area contributed by atoms with Crippen molar-refractivity contribution in [1.82, 2.24) is 14.9 Å². The number of hydrogen-bond donors (Lipinski definition) is 1. The summed E-state index contributed by atoms with van der Waals surface area (Å²) < 4.78 is 2.05. The molecule has 1 aromatic heterocycles. The summed E-state index contributed by atoms with van der Waals surface area (Å²) in [6.07, 6.45) is 4.75. The third kappa shape index (κ3) is 3.59. The smallest absolute Gasteiger partial charge is 0.109 e. The van der Waals surface area contributed by atoms with Crippen LogP contribution in [-0.4, -0.2) is 16.1 Å². The van der Waals surface area contributed by atoms with Crippen LogP contribution in [0.3, 0.4) is 0 Å². The number of halogens is 1. The van der Waals surface area contributed by atoms with Crippen molar-refractivity contribution in [1.29, 1.82) is 0 Å². The second-order valence-corrected chi connectivity index (χ2v) is 4.60. The molecular weight excluding hydrogens is 246 g/mol. The van der Waals surface area contributed by atoms with Crippen LogP contribution in [0, 0.1) is 0 Å². The summed E-state index contributed by atoms with van der Waals surface area (Å²) in [7, 11) is 2.02. The van der Waals surface area contributed by atoms with Gasteiger partial charge in [-0.2, -0.15) is 0 Å². The molecule has 0 bridgehead atoms. The molecule has 0 aliphatic carbocycles. The van der Waals surface area contributed by atoms with Crippen LogP contribution in [0.4, 0.5) is 0 Å². The highest BCUT2D eigenvalue weighted by atomic mass is 35.5. The van der Waals surface area contributed by atoms with E-state index in [0.717, 1.165) is 25.3 Å². The van der Waals surface area contributed by atoms with E-state index in [4.69, 9.17) is 11.6 Å². The maximum absolute atomic E-state index is 5.81. The minimum absolute atomic E-state index is 0.571. The molecular formula is C14H18ClN3. The third-order valence-electron chi connectivity index (χ3n) is 2.92. The zero-order valence-electron chi connectivity index (χ0n) is 10.6. The molecule has 0 spiro atoms. The summed E-state index contributed by atoms with van der Waals surface area (Å²) in [5, 5.41) is 3.42. The van der Waals surface area contributed by atoms with E-state index in [9.17, 15) is 0 Å². The van der Waals surface area contributed by atoms with Gasteiger partial charge in [-0.3, -0.25) is 0 Å². The Labute approximate surface area is 113 Å². The minimum Gasteiger partial charge on any atom is -0.338 e. The first-order chi connectivity index (χ1) is 8.79. The lowest BCUT2D eigenvalue weighted by atomic mass is 10.1. The Morgan fingerprint density at radius 1 is 1.33 bits per heavy atom. The van der Waals surface area contributed by atoms with Crippen LogP contribution >= 0.6 is 11.6 Å². The lowest BCUT2D eigenvalue weighted by Gasteiger charge is -2.06. The van der Waals surface area contributed by atoms with Crippen LogP contribution in [0.25, 0.3) is 0 Å². The topological polar surface area (TPSA) is 29.9 Å². The predicted octanol–water partition coefficient (Wildman–Crippen LogP) is 2.49. The number of imidazole rings is 1. The molecule has 0 saturated heterocycles. The number of hydrogen-bond acceptors (Lipinski definition) is 2. The molecule has 3 nitrogen and oxygen atoms in total. The van der Waals surface area contributed by atoms with Gasteiger partial charge >= 0.3 is 0 Å². The Kier molecular flexibility index (Phi) is 4.79. The molecule has 18 heavy (non-hydrogen) atoms. The molecule has 0 atom stereocenters. The lowest BCUT2D eigenvalue weighted by molar-refractivity contribution is 0.654. The van der Waals surface area contributed by atoms with Gasteiger partial charge in [0.05, 0.1) is 0 Å². The Morgan fingerprint density at radius 2 is 2.17 bits per heavy atom. The van der Waals surface area contributed by atoms with Gasteiger partial charge in [-0.15, -0.1) is 11.6 Å². The first-order valence-corrected chi connectivity index (χ1v) is 6.64. The highest BCUT2D eigenvalue weighted by Gasteiger charge is 1.99. The third-order valence-corrected chi connectivity index (χ3v) is 3.23. The van der Waals surface area contributed by atoms with E-state index in [1.54, 1.807) is 0 Å². The molecule has 1 heterocycles. The number of benzene rings is 1. The van der Waals surface area contributed by atoms with Gasteiger partial charge in [0.2, 0.25) is 0 Å². The molecule has 0 fully saturated rings. The molecule has 0 aliphatic rings. The standard InChI is InChI=1S/C14H18ClN3/c1-18-8-7-17-14(18)5-6-16-11-13-4-2-3-12(9-13)10-15/h2-4,7-9,16H,5-6,10-11H2,1H3. The fourth-order valence-corrected chi connectivity index (χ4v) is 2.06. The maximum atomic E-state index is 5.81. The van der Waals surface area contributed by atoms with Crippen LogP contribution in [0.1, 0.15) is 17.0 Å². The highest BCUT2D eigenvalue weighted by molar-refractivity contribution is 6.17. The van der Waals surface area contributed by atoms with Crippen molar-refractivity contribution in [3.05, 3.63) is 53.6 Å². The van der Waals surface area contributed by atoms with Gasteiger partial charge in [-0.05, 0) is 11.1 Å². The second-order valence-electron chi connectivity index (χ2n) is 4.33.